The third-order valence-electron chi connectivity index (χ3n) is 5.33. The fourth-order valence-electron chi connectivity index (χ4n) is 4.21. The minimum atomic E-state index is -0.00384. The molecule has 5 heteroatoms. The summed E-state index contributed by atoms with van der Waals surface area (Å²) in [5.74, 6) is 0.352. The van der Waals surface area contributed by atoms with Crippen molar-refractivity contribution < 1.29 is 9.59 Å². The first-order valence-electron chi connectivity index (χ1n) is 10.1. The van der Waals surface area contributed by atoms with Crippen molar-refractivity contribution >= 4 is 11.8 Å². The average molecular weight is 352 g/mol. The van der Waals surface area contributed by atoms with Gasteiger partial charge in [0.2, 0.25) is 11.8 Å². The standard InChI is InChI=1S/C20H37N3O2/c1-5-12-22(14-11-21-18(24)15-20(2,3)4)19(25)17-10-9-16-8-6-7-13-23(16)17/h16-17H,5-15H2,1-4H3,(H,21,24). The average Bonchev–Trinajstić information content (AvgIpc) is 2.95. The number of carbonyl (C=O) groups excluding carboxylic acids is 2. The number of nitrogens with zero attached hydrogens (tertiary/aromatic N) is 2. The van der Waals surface area contributed by atoms with Crippen LogP contribution in [0.4, 0.5) is 0 Å². The molecule has 2 atom stereocenters. The summed E-state index contributed by atoms with van der Waals surface area (Å²) in [7, 11) is 0. The molecule has 144 valence electrons. The number of carbonyl (C=O) groups is 2. The summed E-state index contributed by atoms with van der Waals surface area (Å²) in [5.41, 5.74) is -0.00384. The lowest BCUT2D eigenvalue weighted by Gasteiger charge is -2.35. The van der Waals surface area contributed by atoms with Crippen molar-refractivity contribution in [2.45, 2.75) is 84.7 Å². The van der Waals surface area contributed by atoms with Gasteiger partial charge in [0.05, 0.1) is 6.04 Å². The van der Waals surface area contributed by atoms with Gasteiger partial charge in [-0.25, -0.2) is 0 Å². The van der Waals surface area contributed by atoms with E-state index in [-0.39, 0.29) is 23.3 Å². The first-order chi connectivity index (χ1) is 11.8. The Balaban J connectivity index is 1.85. The molecule has 2 aliphatic rings. The topological polar surface area (TPSA) is 52.7 Å². The van der Waals surface area contributed by atoms with E-state index in [4.69, 9.17) is 0 Å². The monoisotopic (exact) mass is 351 g/mol. The largest absolute Gasteiger partial charge is 0.354 e. The maximum absolute atomic E-state index is 13.1. The smallest absolute Gasteiger partial charge is 0.239 e. The maximum atomic E-state index is 13.1. The predicted octanol–water partition coefficient (Wildman–Crippen LogP) is 2.79. The van der Waals surface area contributed by atoms with Crippen molar-refractivity contribution in [1.29, 1.82) is 0 Å². The molecule has 0 aromatic carbocycles. The van der Waals surface area contributed by atoms with Crippen molar-refractivity contribution in [1.82, 2.24) is 15.1 Å². The number of rotatable bonds is 7. The molecular formula is C20H37N3O2. The summed E-state index contributed by atoms with van der Waals surface area (Å²) in [6, 6.07) is 0.694. The molecule has 0 saturated carbocycles. The van der Waals surface area contributed by atoms with Crippen molar-refractivity contribution in [2.24, 2.45) is 5.41 Å². The lowest BCUT2D eigenvalue weighted by molar-refractivity contribution is -0.137. The molecule has 0 aliphatic carbocycles. The minimum absolute atomic E-state index is 0.00384. The van der Waals surface area contributed by atoms with E-state index in [0.29, 0.717) is 25.6 Å². The van der Waals surface area contributed by atoms with Crippen LogP contribution >= 0.6 is 0 Å². The van der Waals surface area contributed by atoms with E-state index in [1.165, 1.54) is 25.7 Å². The van der Waals surface area contributed by atoms with Crippen molar-refractivity contribution in [3.63, 3.8) is 0 Å². The summed E-state index contributed by atoms with van der Waals surface area (Å²) in [6.45, 7) is 11.3. The summed E-state index contributed by atoms with van der Waals surface area (Å²) in [6.07, 6.45) is 7.42. The highest BCUT2D eigenvalue weighted by Gasteiger charge is 2.40. The molecule has 0 aromatic rings. The summed E-state index contributed by atoms with van der Waals surface area (Å²) in [5, 5.41) is 2.98. The Morgan fingerprint density at radius 3 is 2.56 bits per heavy atom. The van der Waals surface area contributed by atoms with Gasteiger partial charge in [-0.1, -0.05) is 34.1 Å². The van der Waals surface area contributed by atoms with Crippen LogP contribution in [-0.2, 0) is 9.59 Å². The zero-order valence-electron chi connectivity index (χ0n) is 16.6. The minimum Gasteiger partial charge on any atom is -0.354 e. The first-order valence-corrected chi connectivity index (χ1v) is 10.1. The van der Waals surface area contributed by atoms with Crippen LogP contribution < -0.4 is 5.32 Å². The summed E-state index contributed by atoms with van der Waals surface area (Å²) < 4.78 is 0. The molecule has 2 aliphatic heterocycles. The second kappa shape index (κ2) is 9.02. The van der Waals surface area contributed by atoms with Crippen molar-refractivity contribution in [3.05, 3.63) is 0 Å². The predicted molar refractivity (Wildman–Crippen MR) is 101 cm³/mol. The molecule has 2 saturated heterocycles. The highest BCUT2D eigenvalue weighted by atomic mass is 16.2. The normalized spacial score (nSPS) is 24.0. The van der Waals surface area contributed by atoms with Gasteiger partial charge in [-0.15, -0.1) is 0 Å². The van der Waals surface area contributed by atoms with E-state index in [2.05, 4.69) is 37.9 Å². The number of nitrogens with one attached hydrogen (secondary N) is 1. The third kappa shape index (κ3) is 5.98. The molecule has 0 spiro atoms. The van der Waals surface area contributed by atoms with Crippen molar-refractivity contribution in [3.8, 4) is 0 Å². The first kappa shape index (κ1) is 20.2. The molecular weight excluding hydrogens is 314 g/mol. The Morgan fingerprint density at radius 2 is 1.88 bits per heavy atom. The molecule has 0 radical (unpaired) electrons. The van der Waals surface area contributed by atoms with Gasteiger partial charge in [0.1, 0.15) is 0 Å². The zero-order valence-corrected chi connectivity index (χ0v) is 16.6. The fraction of sp³-hybridized carbons (Fsp3) is 0.900. The highest BCUT2D eigenvalue weighted by molar-refractivity contribution is 5.82. The van der Waals surface area contributed by atoms with Gasteiger partial charge in [-0.3, -0.25) is 14.5 Å². The molecule has 2 fully saturated rings. The number of amides is 2. The van der Waals surface area contributed by atoms with Crippen LogP contribution in [0.3, 0.4) is 0 Å². The van der Waals surface area contributed by atoms with Crippen LogP contribution in [0.2, 0.25) is 0 Å². The maximum Gasteiger partial charge on any atom is 0.239 e. The van der Waals surface area contributed by atoms with Crippen molar-refractivity contribution in [2.75, 3.05) is 26.2 Å². The van der Waals surface area contributed by atoms with E-state index in [9.17, 15) is 9.59 Å². The molecule has 1 N–H and O–H groups in total. The highest BCUT2D eigenvalue weighted by Crippen LogP contribution is 2.32. The Kier molecular flexibility index (Phi) is 7.29. The zero-order chi connectivity index (χ0) is 18.4. The second-order valence-corrected chi connectivity index (χ2v) is 8.89. The summed E-state index contributed by atoms with van der Waals surface area (Å²) in [4.78, 5) is 29.5. The van der Waals surface area contributed by atoms with Crippen LogP contribution in [-0.4, -0.2) is 59.9 Å². The number of hydrogen-bond donors (Lipinski definition) is 1. The molecule has 0 bridgehead atoms. The van der Waals surface area contributed by atoms with Gasteiger partial charge in [0.25, 0.3) is 0 Å². The van der Waals surface area contributed by atoms with Gasteiger partial charge < -0.3 is 10.2 Å². The second-order valence-electron chi connectivity index (χ2n) is 8.89. The number of piperidine rings is 1. The lowest BCUT2D eigenvalue weighted by Crippen LogP contribution is -2.50. The van der Waals surface area contributed by atoms with Gasteiger partial charge >= 0.3 is 0 Å². The molecule has 5 nitrogen and oxygen atoms in total. The number of hydrogen-bond acceptors (Lipinski definition) is 3. The summed E-state index contributed by atoms with van der Waals surface area (Å²) >= 11 is 0. The Morgan fingerprint density at radius 1 is 1.12 bits per heavy atom. The van der Waals surface area contributed by atoms with E-state index >= 15 is 0 Å². The van der Waals surface area contributed by atoms with Gasteiger partial charge in [-0.05, 0) is 44.1 Å². The van der Waals surface area contributed by atoms with Gasteiger partial charge in [-0.2, -0.15) is 0 Å². The van der Waals surface area contributed by atoms with Gasteiger partial charge in [0, 0.05) is 32.1 Å². The Labute approximate surface area is 153 Å². The van der Waals surface area contributed by atoms with E-state index in [0.717, 1.165) is 25.9 Å². The molecule has 2 rings (SSSR count). The van der Waals surface area contributed by atoms with Crippen LogP contribution in [0.25, 0.3) is 0 Å². The quantitative estimate of drug-likeness (QED) is 0.767. The molecule has 25 heavy (non-hydrogen) atoms. The third-order valence-corrected chi connectivity index (χ3v) is 5.33. The van der Waals surface area contributed by atoms with Crippen LogP contribution in [0.15, 0.2) is 0 Å². The molecule has 2 heterocycles. The van der Waals surface area contributed by atoms with Gasteiger partial charge in [0.15, 0.2) is 0 Å². The SMILES string of the molecule is CCCN(CCNC(=O)CC(C)(C)C)C(=O)C1CCC2CCCCN21. The van der Waals surface area contributed by atoms with Crippen LogP contribution in [0.5, 0.6) is 0 Å². The molecule has 0 aromatic heterocycles. The Bertz CT molecular complexity index is 458. The lowest BCUT2D eigenvalue weighted by atomic mass is 9.92. The number of fused-ring (bicyclic) bond motifs is 1. The van der Waals surface area contributed by atoms with Crippen LogP contribution in [0, 0.1) is 5.41 Å². The van der Waals surface area contributed by atoms with E-state index < -0.39 is 0 Å². The van der Waals surface area contributed by atoms with E-state index in [1.54, 1.807) is 0 Å². The van der Waals surface area contributed by atoms with E-state index in [1.807, 2.05) is 4.90 Å². The Hall–Kier alpha value is -1.10. The fourth-order valence-corrected chi connectivity index (χ4v) is 4.21. The van der Waals surface area contributed by atoms with Crippen LogP contribution in [0.1, 0.15) is 72.6 Å². The molecule has 2 amide bonds. The molecule has 2 unspecified atom stereocenters.